The standard InChI is InChI=1S/C35H45N4O7P/c1-6-9-47(42,10-7-45-32-16-28-26(14-30(32)43-4)34(40)38-20-22(2)12-24(38)18-36-28)11-8-46-33-17-29-27(15-31(33)44-5)35(41)39-21-23(3)13-25(39)19-37-29/h14-17,24-25,36-37H,2-3,6-13,18-21H2,1,4-5H3/t24-,25-/m0/s1. The zero-order valence-electron chi connectivity index (χ0n) is 27.6. The Balaban J connectivity index is 1.10. The number of methoxy groups -OCH3 is 2. The zero-order chi connectivity index (χ0) is 33.3. The molecule has 47 heavy (non-hydrogen) atoms. The Morgan fingerprint density at radius 2 is 1.19 bits per heavy atom. The van der Waals surface area contributed by atoms with E-state index in [0.29, 0.717) is 90.2 Å². The van der Waals surface area contributed by atoms with Gasteiger partial charge in [-0.15, -0.1) is 0 Å². The summed E-state index contributed by atoms with van der Waals surface area (Å²) in [5, 5.41) is 6.81. The molecule has 6 rings (SSSR count). The number of benzene rings is 2. The minimum atomic E-state index is -2.66. The van der Waals surface area contributed by atoms with Gasteiger partial charge >= 0.3 is 0 Å². The van der Waals surface area contributed by atoms with Gasteiger partial charge in [-0.2, -0.15) is 0 Å². The van der Waals surface area contributed by atoms with Crippen LogP contribution in [-0.4, -0.2) is 106 Å². The molecule has 2 aromatic rings. The molecular weight excluding hydrogens is 619 g/mol. The third-order valence-electron chi connectivity index (χ3n) is 9.51. The molecule has 0 spiro atoms. The molecule has 252 valence electrons. The second-order valence-electron chi connectivity index (χ2n) is 12.9. The summed E-state index contributed by atoms with van der Waals surface area (Å²) < 4.78 is 37.6. The highest BCUT2D eigenvalue weighted by Gasteiger charge is 2.37. The number of amides is 2. The smallest absolute Gasteiger partial charge is 0.256 e. The van der Waals surface area contributed by atoms with E-state index in [9.17, 15) is 14.2 Å². The number of rotatable bonds is 12. The molecular formula is C35H45N4O7P. The van der Waals surface area contributed by atoms with Crippen molar-refractivity contribution in [2.24, 2.45) is 0 Å². The zero-order valence-corrected chi connectivity index (χ0v) is 28.5. The van der Waals surface area contributed by atoms with E-state index >= 15 is 0 Å². The number of fused-ring (bicyclic) bond motifs is 4. The Hall–Kier alpha value is -4.11. The van der Waals surface area contributed by atoms with Crippen LogP contribution in [0.3, 0.4) is 0 Å². The maximum atomic E-state index is 14.1. The predicted molar refractivity (Wildman–Crippen MR) is 184 cm³/mol. The summed E-state index contributed by atoms with van der Waals surface area (Å²) in [6, 6.07) is 7.20. The van der Waals surface area contributed by atoms with Gasteiger partial charge in [0.2, 0.25) is 0 Å². The number of carbonyl (C=O) groups is 2. The second kappa shape index (κ2) is 13.6. The molecule has 2 N–H and O–H groups in total. The van der Waals surface area contributed by atoms with Crippen LogP contribution in [0.4, 0.5) is 11.4 Å². The van der Waals surface area contributed by atoms with Crippen LogP contribution in [0.25, 0.3) is 0 Å². The average Bonchev–Trinajstić information content (AvgIpc) is 3.56. The number of hydrogen-bond donors (Lipinski definition) is 2. The minimum Gasteiger partial charge on any atom is -0.493 e. The molecule has 0 aliphatic carbocycles. The van der Waals surface area contributed by atoms with Crippen LogP contribution in [0.5, 0.6) is 23.0 Å². The van der Waals surface area contributed by atoms with Crippen LogP contribution >= 0.6 is 7.14 Å². The van der Waals surface area contributed by atoms with E-state index in [1.54, 1.807) is 38.5 Å². The van der Waals surface area contributed by atoms with E-state index < -0.39 is 7.14 Å². The Morgan fingerprint density at radius 3 is 1.60 bits per heavy atom. The molecule has 4 heterocycles. The van der Waals surface area contributed by atoms with Crippen LogP contribution in [-0.2, 0) is 4.57 Å². The Morgan fingerprint density at radius 1 is 0.745 bits per heavy atom. The van der Waals surface area contributed by atoms with Crippen LogP contribution in [0.2, 0.25) is 0 Å². The second-order valence-corrected chi connectivity index (χ2v) is 16.3. The van der Waals surface area contributed by atoms with Crippen LogP contribution in [0.1, 0.15) is 46.9 Å². The summed E-state index contributed by atoms with van der Waals surface area (Å²) >= 11 is 0. The van der Waals surface area contributed by atoms with Crippen LogP contribution in [0.15, 0.2) is 48.6 Å². The topological polar surface area (TPSA) is 119 Å². The lowest BCUT2D eigenvalue weighted by Gasteiger charge is -2.21. The van der Waals surface area contributed by atoms with Crippen LogP contribution < -0.4 is 29.6 Å². The maximum Gasteiger partial charge on any atom is 0.256 e. The van der Waals surface area contributed by atoms with Gasteiger partial charge in [-0.05, 0) is 31.4 Å². The normalized spacial score (nSPS) is 20.3. The van der Waals surface area contributed by atoms with Gasteiger partial charge < -0.3 is 43.9 Å². The van der Waals surface area contributed by atoms with Crippen molar-refractivity contribution < 1.29 is 33.1 Å². The molecule has 2 saturated heterocycles. The van der Waals surface area contributed by atoms with Crippen molar-refractivity contribution in [1.82, 2.24) is 9.80 Å². The number of carbonyl (C=O) groups excluding carboxylic acids is 2. The van der Waals surface area contributed by atoms with Crippen molar-refractivity contribution >= 4 is 30.3 Å². The van der Waals surface area contributed by atoms with Crippen molar-refractivity contribution in [3.05, 3.63) is 59.7 Å². The molecule has 0 saturated carbocycles. The van der Waals surface area contributed by atoms with Gasteiger partial charge in [0.15, 0.2) is 23.0 Å². The summed E-state index contributed by atoms with van der Waals surface area (Å²) in [7, 11) is 0.436. The number of anilines is 2. The Labute approximate surface area is 276 Å². The van der Waals surface area contributed by atoms with Gasteiger partial charge in [0.25, 0.3) is 11.8 Å². The first-order valence-electron chi connectivity index (χ1n) is 16.3. The Kier molecular flexibility index (Phi) is 9.46. The lowest BCUT2D eigenvalue weighted by Crippen LogP contribution is -2.36. The lowest BCUT2D eigenvalue weighted by atomic mass is 10.1. The SMILES string of the molecule is C=C1C[C@H]2CNc3cc(OCCP(=O)(CCC)CCOc4cc5c(cc4OC)C(=O)N4CC(=C)C[C@H]4CN5)c(OC)cc3C(=O)N2C1. The third kappa shape index (κ3) is 6.68. The fourth-order valence-electron chi connectivity index (χ4n) is 7.06. The van der Waals surface area contributed by atoms with E-state index in [-0.39, 0.29) is 37.1 Å². The van der Waals surface area contributed by atoms with Crippen molar-refractivity contribution in [2.45, 2.75) is 38.3 Å². The summed E-state index contributed by atoms with van der Waals surface area (Å²) in [6.45, 7) is 13.0. The summed E-state index contributed by atoms with van der Waals surface area (Å²) in [5.74, 6) is 1.81. The monoisotopic (exact) mass is 664 g/mol. The fourth-order valence-corrected chi connectivity index (χ4v) is 9.39. The van der Waals surface area contributed by atoms with E-state index in [1.165, 1.54) is 0 Å². The summed E-state index contributed by atoms with van der Waals surface area (Å²) in [4.78, 5) is 30.4. The maximum absolute atomic E-state index is 14.1. The van der Waals surface area contributed by atoms with Gasteiger partial charge in [-0.25, -0.2) is 0 Å². The number of hydrogen-bond acceptors (Lipinski definition) is 9. The molecule has 0 unspecified atom stereocenters. The molecule has 0 bridgehead atoms. The van der Waals surface area contributed by atoms with E-state index in [0.717, 1.165) is 30.4 Å². The van der Waals surface area contributed by atoms with E-state index in [1.807, 2.05) is 16.7 Å². The molecule has 2 amide bonds. The molecule has 11 nitrogen and oxygen atoms in total. The highest BCUT2D eigenvalue weighted by Crippen LogP contribution is 2.47. The van der Waals surface area contributed by atoms with Crippen molar-refractivity contribution in [1.29, 1.82) is 0 Å². The molecule has 4 aliphatic heterocycles. The highest BCUT2D eigenvalue weighted by molar-refractivity contribution is 7.63. The van der Waals surface area contributed by atoms with Crippen molar-refractivity contribution in [2.75, 3.05) is 82.7 Å². The summed E-state index contributed by atoms with van der Waals surface area (Å²) in [6.07, 6.45) is 3.65. The molecule has 0 radical (unpaired) electrons. The number of nitrogens with one attached hydrogen (secondary N) is 2. The fraction of sp³-hybridized carbons (Fsp3) is 0.486. The van der Waals surface area contributed by atoms with Gasteiger partial charge in [-0.3, -0.25) is 9.59 Å². The van der Waals surface area contributed by atoms with Gasteiger partial charge in [0, 0.05) is 56.8 Å². The summed E-state index contributed by atoms with van der Waals surface area (Å²) in [5.41, 5.74) is 4.60. The van der Waals surface area contributed by atoms with E-state index in [4.69, 9.17) is 18.9 Å². The third-order valence-corrected chi connectivity index (χ3v) is 12.8. The van der Waals surface area contributed by atoms with Gasteiger partial charge in [0.05, 0.1) is 69.2 Å². The molecule has 12 heteroatoms. The predicted octanol–water partition coefficient (Wildman–Crippen LogP) is 5.33. The molecule has 2 atom stereocenters. The molecule has 4 aliphatic rings. The van der Waals surface area contributed by atoms with Gasteiger partial charge in [-0.1, -0.05) is 31.2 Å². The van der Waals surface area contributed by atoms with Crippen molar-refractivity contribution in [3.63, 3.8) is 0 Å². The number of nitrogens with zero attached hydrogens (tertiary/aromatic N) is 2. The molecule has 0 aromatic heterocycles. The first-order chi connectivity index (χ1) is 22.6. The first-order valence-corrected chi connectivity index (χ1v) is 18.6. The van der Waals surface area contributed by atoms with Gasteiger partial charge in [0.1, 0.15) is 0 Å². The highest BCUT2D eigenvalue weighted by atomic mass is 31.2. The van der Waals surface area contributed by atoms with E-state index in [2.05, 4.69) is 23.8 Å². The molecule has 2 aromatic carbocycles. The number of ether oxygens (including phenoxy) is 4. The Bertz CT molecular complexity index is 1530. The lowest BCUT2D eigenvalue weighted by molar-refractivity contribution is 0.0744. The van der Waals surface area contributed by atoms with Crippen LogP contribution in [0, 0.1) is 0 Å². The first kappa shape index (κ1) is 32.8. The largest absolute Gasteiger partial charge is 0.493 e. The quantitative estimate of drug-likeness (QED) is 0.229. The average molecular weight is 665 g/mol. The van der Waals surface area contributed by atoms with Crippen molar-refractivity contribution in [3.8, 4) is 23.0 Å². The minimum absolute atomic E-state index is 0.0499. The molecule has 2 fully saturated rings.